The Bertz CT molecular complexity index is 448. The molecule has 21 heavy (non-hydrogen) atoms. The van der Waals surface area contributed by atoms with E-state index in [9.17, 15) is 0 Å². The van der Waals surface area contributed by atoms with Gasteiger partial charge in [-0.3, -0.25) is 4.90 Å². The molecule has 2 rings (SSSR count). The number of hydrogen-bond acceptors (Lipinski definition) is 4. The first kappa shape index (κ1) is 16.3. The van der Waals surface area contributed by atoms with Crippen LogP contribution in [0.1, 0.15) is 25.3 Å². The van der Waals surface area contributed by atoms with Crippen LogP contribution in [0.25, 0.3) is 0 Å². The molecule has 0 aliphatic heterocycles. The third-order valence-electron chi connectivity index (χ3n) is 4.42. The smallest absolute Gasteiger partial charge is 0.122 e. The summed E-state index contributed by atoms with van der Waals surface area (Å²) in [5.74, 6) is 0.944. The van der Waals surface area contributed by atoms with Crippen molar-refractivity contribution in [1.82, 2.24) is 4.90 Å². The normalized spacial score (nSPS) is 17.8. The lowest BCUT2D eigenvalue weighted by molar-refractivity contribution is 0.0631. The molecule has 1 atom stereocenters. The van der Waals surface area contributed by atoms with E-state index in [0.29, 0.717) is 12.6 Å². The molecular formula is C17H28N2O2. The Morgan fingerprint density at radius 2 is 2.00 bits per heavy atom. The maximum atomic E-state index is 6.16. The van der Waals surface area contributed by atoms with Gasteiger partial charge < -0.3 is 15.2 Å². The molecule has 2 N–H and O–H groups in total. The summed E-state index contributed by atoms with van der Waals surface area (Å²) in [7, 11) is 3.48. The second-order valence-corrected chi connectivity index (χ2v) is 6.11. The third-order valence-corrected chi connectivity index (χ3v) is 4.42. The topological polar surface area (TPSA) is 47.7 Å². The lowest BCUT2D eigenvalue weighted by atomic mass is 9.90. The summed E-state index contributed by atoms with van der Waals surface area (Å²) in [5.41, 5.74) is 7.32. The van der Waals surface area contributed by atoms with Crippen molar-refractivity contribution >= 4 is 0 Å². The predicted octanol–water partition coefficient (Wildman–Crippen LogP) is 2.07. The van der Waals surface area contributed by atoms with Gasteiger partial charge >= 0.3 is 0 Å². The van der Waals surface area contributed by atoms with Gasteiger partial charge in [-0.25, -0.2) is 0 Å². The number of nitrogens with zero attached hydrogens (tertiary/aromatic N) is 1. The average molecular weight is 292 g/mol. The Labute approximate surface area is 128 Å². The van der Waals surface area contributed by atoms with Gasteiger partial charge in [0.05, 0.1) is 13.7 Å². The van der Waals surface area contributed by atoms with Gasteiger partial charge in [-0.1, -0.05) is 18.2 Å². The number of ether oxygens (including phenoxy) is 2. The average Bonchev–Trinajstić information content (AvgIpc) is 3.33. The summed E-state index contributed by atoms with van der Waals surface area (Å²) in [6.45, 7) is 4.57. The summed E-state index contributed by atoms with van der Waals surface area (Å²) in [6, 6.07) is 8.87. The van der Waals surface area contributed by atoms with Crippen molar-refractivity contribution < 1.29 is 9.47 Å². The van der Waals surface area contributed by atoms with E-state index in [4.69, 9.17) is 15.2 Å². The Hall–Kier alpha value is -1.10. The van der Waals surface area contributed by atoms with E-state index < -0.39 is 0 Å². The molecule has 1 saturated carbocycles. The highest BCUT2D eigenvalue weighted by molar-refractivity contribution is 5.34. The number of rotatable bonds is 9. The summed E-state index contributed by atoms with van der Waals surface area (Å²) < 4.78 is 10.8. The summed E-state index contributed by atoms with van der Waals surface area (Å²) >= 11 is 0. The number of nitrogens with two attached hydrogens (primary N) is 1. The minimum Gasteiger partial charge on any atom is -0.496 e. The minimum absolute atomic E-state index is 0.0612. The van der Waals surface area contributed by atoms with Gasteiger partial charge in [0.15, 0.2) is 0 Å². The molecule has 0 spiro atoms. The molecule has 1 fully saturated rings. The molecule has 0 amide bonds. The van der Waals surface area contributed by atoms with Crippen LogP contribution >= 0.6 is 0 Å². The van der Waals surface area contributed by atoms with E-state index in [1.54, 1.807) is 14.2 Å². The van der Waals surface area contributed by atoms with Crippen LogP contribution in [0.2, 0.25) is 0 Å². The van der Waals surface area contributed by atoms with Crippen molar-refractivity contribution in [2.24, 2.45) is 5.73 Å². The van der Waals surface area contributed by atoms with Gasteiger partial charge in [-0.2, -0.15) is 0 Å². The highest BCUT2D eigenvalue weighted by Gasteiger charge is 2.40. The quantitative estimate of drug-likeness (QED) is 0.757. The van der Waals surface area contributed by atoms with Gasteiger partial charge in [0.2, 0.25) is 0 Å². The molecular weight excluding hydrogens is 264 g/mol. The van der Waals surface area contributed by atoms with Gasteiger partial charge in [-0.05, 0) is 37.8 Å². The fourth-order valence-electron chi connectivity index (χ4n) is 3.02. The molecule has 4 heteroatoms. The van der Waals surface area contributed by atoms with Crippen molar-refractivity contribution in [3.8, 4) is 5.75 Å². The number of benzene rings is 1. The van der Waals surface area contributed by atoms with Crippen LogP contribution in [0.5, 0.6) is 5.75 Å². The van der Waals surface area contributed by atoms with Gasteiger partial charge in [0.1, 0.15) is 5.75 Å². The molecule has 0 saturated heterocycles. The van der Waals surface area contributed by atoms with Crippen LogP contribution in [0, 0.1) is 0 Å². The minimum atomic E-state index is -0.0612. The van der Waals surface area contributed by atoms with Crippen LogP contribution in [-0.4, -0.2) is 50.4 Å². The van der Waals surface area contributed by atoms with Crippen molar-refractivity contribution in [2.75, 3.05) is 33.9 Å². The largest absolute Gasteiger partial charge is 0.496 e. The zero-order valence-corrected chi connectivity index (χ0v) is 13.5. The lowest BCUT2D eigenvalue weighted by Gasteiger charge is -2.41. The van der Waals surface area contributed by atoms with Crippen LogP contribution in [0.4, 0.5) is 0 Å². The second kappa shape index (κ2) is 7.25. The van der Waals surface area contributed by atoms with E-state index in [-0.39, 0.29) is 5.54 Å². The third kappa shape index (κ3) is 3.96. The van der Waals surface area contributed by atoms with E-state index in [2.05, 4.69) is 24.0 Å². The Morgan fingerprint density at radius 3 is 2.57 bits per heavy atom. The second-order valence-electron chi connectivity index (χ2n) is 6.11. The molecule has 0 aromatic heterocycles. The number of para-hydroxylation sites is 1. The summed E-state index contributed by atoms with van der Waals surface area (Å²) in [5, 5.41) is 0. The number of hydrogen-bond donors (Lipinski definition) is 1. The van der Waals surface area contributed by atoms with E-state index in [0.717, 1.165) is 25.3 Å². The van der Waals surface area contributed by atoms with Crippen LogP contribution < -0.4 is 10.5 Å². The van der Waals surface area contributed by atoms with Crippen molar-refractivity contribution in [2.45, 2.75) is 37.8 Å². The zero-order valence-electron chi connectivity index (χ0n) is 13.5. The van der Waals surface area contributed by atoms with Gasteiger partial charge in [-0.15, -0.1) is 0 Å². The van der Waals surface area contributed by atoms with E-state index >= 15 is 0 Å². The summed E-state index contributed by atoms with van der Waals surface area (Å²) in [6.07, 6.45) is 3.43. The molecule has 4 nitrogen and oxygen atoms in total. The standard InChI is InChI=1S/C17H28N2O2/c1-17(13-18,19(10-11-20-2)15-8-9-15)12-14-6-4-5-7-16(14)21-3/h4-7,15H,8-13,18H2,1-3H3. The highest BCUT2D eigenvalue weighted by atomic mass is 16.5. The molecule has 0 heterocycles. The monoisotopic (exact) mass is 292 g/mol. The van der Waals surface area contributed by atoms with Gasteiger partial charge in [0.25, 0.3) is 0 Å². The fourth-order valence-corrected chi connectivity index (χ4v) is 3.02. The first-order chi connectivity index (χ1) is 10.1. The first-order valence-corrected chi connectivity index (χ1v) is 7.72. The molecule has 1 aliphatic rings. The first-order valence-electron chi connectivity index (χ1n) is 7.72. The van der Waals surface area contributed by atoms with Crippen LogP contribution in [0.15, 0.2) is 24.3 Å². The molecule has 1 aromatic rings. The van der Waals surface area contributed by atoms with Crippen LogP contribution in [-0.2, 0) is 11.2 Å². The van der Waals surface area contributed by atoms with Gasteiger partial charge in [0, 0.05) is 31.8 Å². The van der Waals surface area contributed by atoms with E-state index in [1.165, 1.54) is 18.4 Å². The molecule has 1 aromatic carbocycles. The molecule has 0 bridgehead atoms. The maximum Gasteiger partial charge on any atom is 0.122 e. The molecule has 0 radical (unpaired) electrons. The molecule has 118 valence electrons. The summed E-state index contributed by atoms with van der Waals surface area (Å²) in [4.78, 5) is 2.53. The zero-order chi connectivity index (χ0) is 15.3. The Kier molecular flexibility index (Phi) is 5.62. The predicted molar refractivity (Wildman–Crippen MR) is 85.8 cm³/mol. The van der Waals surface area contributed by atoms with Crippen LogP contribution in [0.3, 0.4) is 0 Å². The Balaban J connectivity index is 2.18. The SMILES string of the molecule is COCCN(C1CC1)C(C)(CN)Cc1ccccc1OC. The fraction of sp³-hybridized carbons (Fsp3) is 0.647. The van der Waals surface area contributed by atoms with Crippen molar-refractivity contribution in [1.29, 1.82) is 0 Å². The lowest BCUT2D eigenvalue weighted by Crippen LogP contribution is -2.55. The maximum absolute atomic E-state index is 6.16. The van der Waals surface area contributed by atoms with E-state index in [1.807, 2.05) is 12.1 Å². The Morgan fingerprint density at radius 1 is 1.29 bits per heavy atom. The van der Waals surface area contributed by atoms with Crippen molar-refractivity contribution in [3.63, 3.8) is 0 Å². The molecule has 1 aliphatic carbocycles. The molecule has 1 unspecified atom stereocenters. The van der Waals surface area contributed by atoms with Crippen molar-refractivity contribution in [3.05, 3.63) is 29.8 Å². The highest BCUT2D eigenvalue weighted by Crippen LogP contribution is 2.35. The number of methoxy groups -OCH3 is 2.